The van der Waals surface area contributed by atoms with Crippen molar-refractivity contribution >= 4 is 0 Å². The highest BCUT2D eigenvalue weighted by Crippen LogP contribution is 2.00. The molecule has 0 aromatic carbocycles. The molecule has 0 aromatic heterocycles. The Bertz CT molecular complexity index is 102. The molecule has 0 unspecified atom stereocenters. The van der Waals surface area contributed by atoms with Crippen molar-refractivity contribution in [1.82, 2.24) is 5.06 Å². The molecule has 0 N–H and O–H groups in total. The standard InChI is InChI=1S/C9H19NO/c1-6-7-11-10(8(2)3)9(4)5/h6,8-9H,1,7H2,2-5H3/q+1. The lowest BCUT2D eigenvalue weighted by atomic mass is 10.3. The highest BCUT2D eigenvalue weighted by molar-refractivity contribution is 4.68. The maximum atomic E-state index is 5.43. The van der Waals surface area contributed by atoms with Crippen LogP contribution < -0.4 is 5.06 Å². The van der Waals surface area contributed by atoms with Gasteiger partial charge in [0, 0.05) is 0 Å². The van der Waals surface area contributed by atoms with Gasteiger partial charge in [0.1, 0.15) is 6.61 Å². The fourth-order valence-electron chi connectivity index (χ4n) is 1.03. The molecular weight excluding hydrogens is 138 g/mol. The molecule has 0 bridgehead atoms. The summed E-state index contributed by atoms with van der Waals surface area (Å²) in [6, 6.07) is 0.852. The third-order valence-electron chi connectivity index (χ3n) is 1.36. The smallest absolute Gasteiger partial charge is 0.144 e. The van der Waals surface area contributed by atoms with E-state index in [4.69, 9.17) is 4.84 Å². The molecule has 0 aromatic rings. The fraction of sp³-hybridized carbons (Fsp3) is 0.778. The molecule has 0 saturated carbocycles. The first-order valence-corrected chi connectivity index (χ1v) is 4.11. The lowest BCUT2D eigenvalue weighted by Crippen LogP contribution is -2.42. The summed E-state index contributed by atoms with van der Waals surface area (Å²) in [5, 5.41) is 1.97. The van der Waals surface area contributed by atoms with Crippen molar-refractivity contribution in [2.24, 2.45) is 0 Å². The molecule has 0 atom stereocenters. The lowest BCUT2D eigenvalue weighted by molar-refractivity contribution is -0.0971. The molecule has 0 aliphatic carbocycles. The van der Waals surface area contributed by atoms with E-state index in [0.717, 1.165) is 0 Å². The monoisotopic (exact) mass is 157 g/mol. The average molecular weight is 157 g/mol. The highest BCUT2D eigenvalue weighted by atomic mass is 16.7. The van der Waals surface area contributed by atoms with Crippen molar-refractivity contribution in [2.75, 3.05) is 6.61 Å². The quantitative estimate of drug-likeness (QED) is 0.339. The Morgan fingerprint density at radius 2 is 1.73 bits per heavy atom. The lowest BCUT2D eigenvalue weighted by Gasteiger charge is -2.15. The van der Waals surface area contributed by atoms with Crippen LogP contribution in [0.5, 0.6) is 0 Å². The predicted molar refractivity (Wildman–Crippen MR) is 48.6 cm³/mol. The zero-order chi connectivity index (χ0) is 8.85. The Kier molecular flexibility index (Phi) is 5.16. The highest BCUT2D eigenvalue weighted by Gasteiger charge is 2.25. The number of hydroxylamine groups is 2. The van der Waals surface area contributed by atoms with Crippen LogP contribution in [0.15, 0.2) is 12.7 Å². The van der Waals surface area contributed by atoms with Crippen LogP contribution in [-0.2, 0) is 4.84 Å². The van der Waals surface area contributed by atoms with Crippen molar-refractivity contribution < 1.29 is 4.84 Å². The normalized spacial score (nSPS) is 11.5. The second-order valence-corrected chi connectivity index (χ2v) is 3.13. The summed E-state index contributed by atoms with van der Waals surface area (Å²) in [5.74, 6) is 0. The molecule has 0 saturated heterocycles. The molecule has 2 nitrogen and oxygen atoms in total. The van der Waals surface area contributed by atoms with Gasteiger partial charge in [0.15, 0.2) is 12.1 Å². The zero-order valence-corrected chi connectivity index (χ0v) is 8.00. The molecular formula is C9H19NO+. The Morgan fingerprint density at radius 3 is 2.00 bits per heavy atom. The summed E-state index contributed by atoms with van der Waals surface area (Å²) >= 11 is 0. The van der Waals surface area contributed by atoms with Crippen molar-refractivity contribution in [3.63, 3.8) is 0 Å². The van der Waals surface area contributed by atoms with Crippen molar-refractivity contribution in [3.05, 3.63) is 12.7 Å². The Balaban J connectivity index is 3.79. The van der Waals surface area contributed by atoms with Gasteiger partial charge in [-0.15, -0.1) is 11.4 Å². The second-order valence-electron chi connectivity index (χ2n) is 3.13. The number of hydrogen-bond acceptors (Lipinski definition) is 2. The predicted octanol–water partition coefficient (Wildman–Crippen LogP) is 2.06. The van der Waals surface area contributed by atoms with E-state index in [1.807, 2.05) is 5.06 Å². The Labute approximate surface area is 69.8 Å². The zero-order valence-electron chi connectivity index (χ0n) is 8.00. The molecule has 0 amide bonds. The molecule has 0 aliphatic heterocycles. The second kappa shape index (κ2) is 5.33. The number of nitrogens with zero attached hydrogens (tertiary/aromatic N) is 1. The fourth-order valence-corrected chi connectivity index (χ4v) is 1.03. The van der Waals surface area contributed by atoms with Crippen LogP contribution in [0, 0.1) is 0 Å². The van der Waals surface area contributed by atoms with E-state index in [1.54, 1.807) is 6.08 Å². The minimum atomic E-state index is 0.426. The van der Waals surface area contributed by atoms with Crippen molar-refractivity contribution in [1.29, 1.82) is 0 Å². The van der Waals surface area contributed by atoms with Crippen LogP contribution in [0.2, 0.25) is 0 Å². The molecule has 65 valence electrons. The van der Waals surface area contributed by atoms with Crippen LogP contribution in [0.4, 0.5) is 0 Å². The number of rotatable bonds is 5. The summed E-state index contributed by atoms with van der Waals surface area (Å²) < 4.78 is 0. The topological polar surface area (TPSA) is 15.1 Å². The van der Waals surface area contributed by atoms with Gasteiger partial charge in [-0.1, -0.05) is 6.08 Å². The largest absolute Gasteiger partial charge is 0.164 e. The first kappa shape index (κ1) is 10.7. The first-order chi connectivity index (χ1) is 5.09. The third kappa shape index (κ3) is 4.17. The van der Waals surface area contributed by atoms with Gasteiger partial charge in [-0.3, -0.25) is 0 Å². The van der Waals surface area contributed by atoms with Gasteiger partial charge in [-0.05, 0) is 32.8 Å². The van der Waals surface area contributed by atoms with Gasteiger partial charge in [0.25, 0.3) is 0 Å². The van der Waals surface area contributed by atoms with Gasteiger partial charge < -0.3 is 0 Å². The van der Waals surface area contributed by atoms with E-state index in [0.29, 0.717) is 18.7 Å². The van der Waals surface area contributed by atoms with Crippen LogP contribution in [0.3, 0.4) is 0 Å². The minimum Gasteiger partial charge on any atom is -0.144 e. The van der Waals surface area contributed by atoms with Crippen LogP contribution in [0.25, 0.3) is 0 Å². The molecule has 0 rings (SSSR count). The van der Waals surface area contributed by atoms with E-state index in [1.165, 1.54) is 0 Å². The van der Waals surface area contributed by atoms with Gasteiger partial charge in [0.2, 0.25) is 0 Å². The average Bonchev–Trinajstić information content (AvgIpc) is 1.87. The van der Waals surface area contributed by atoms with Crippen LogP contribution in [0.1, 0.15) is 27.7 Å². The maximum absolute atomic E-state index is 5.43. The van der Waals surface area contributed by atoms with Gasteiger partial charge >= 0.3 is 0 Å². The third-order valence-corrected chi connectivity index (χ3v) is 1.36. The maximum Gasteiger partial charge on any atom is 0.164 e. The SMILES string of the molecule is C=CCO[N+](C(C)C)C(C)C. The van der Waals surface area contributed by atoms with Crippen molar-refractivity contribution in [3.8, 4) is 0 Å². The minimum absolute atomic E-state index is 0.426. The van der Waals surface area contributed by atoms with E-state index in [-0.39, 0.29) is 0 Å². The number of hydrogen-bond donors (Lipinski definition) is 0. The Morgan fingerprint density at radius 1 is 1.27 bits per heavy atom. The molecule has 0 spiro atoms. The van der Waals surface area contributed by atoms with Gasteiger partial charge in [-0.2, -0.15) is 0 Å². The molecule has 1 radical (unpaired) electrons. The summed E-state index contributed by atoms with van der Waals surface area (Å²) in [6.07, 6.45) is 1.76. The molecule has 2 heteroatoms. The van der Waals surface area contributed by atoms with Crippen LogP contribution >= 0.6 is 0 Å². The summed E-state index contributed by atoms with van der Waals surface area (Å²) in [6.45, 7) is 12.6. The Hall–Kier alpha value is -0.340. The van der Waals surface area contributed by atoms with Gasteiger partial charge in [0.05, 0.1) is 0 Å². The molecule has 0 aliphatic rings. The van der Waals surface area contributed by atoms with E-state index >= 15 is 0 Å². The van der Waals surface area contributed by atoms with Gasteiger partial charge in [-0.25, -0.2) is 0 Å². The summed E-state index contributed by atoms with van der Waals surface area (Å²) in [4.78, 5) is 5.43. The summed E-state index contributed by atoms with van der Waals surface area (Å²) in [5.41, 5.74) is 0. The molecule has 0 fully saturated rings. The molecule has 0 heterocycles. The van der Waals surface area contributed by atoms with E-state index in [2.05, 4.69) is 34.3 Å². The summed E-state index contributed by atoms with van der Waals surface area (Å²) in [7, 11) is 0. The van der Waals surface area contributed by atoms with Crippen molar-refractivity contribution in [2.45, 2.75) is 39.8 Å². The van der Waals surface area contributed by atoms with E-state index < -0.39 is 0 Å². The van der Waals surface area contributed by atoms with E-state index in [9.17, 15) is 0 Å². The van der Waals surface area contributed by atoms with Crippen LogP contribution in [-0.4, -0.2) is 18.7 Å². The molecule has 11 heavy (non-hydrogen) atoms. The first-order valence-electron chi connectivity index (χ1n) is 4.11.